The summed E-state index contributed by atoms with van der Waals surface area (Å²) in [7, 11) is 1.26. The molecule has 0 fully saturated rings. The highest BCUT2D eigenvalue weighted by molar-refractivity contribution is 5.97. The van der Waals surface area contributed by atoms with Crippen LogP contribution in [0.5, 0.6) is 0 Å². The number of carbonyl (C=O) groups is 1. The highest BCUT2D eigenvalue weighted by Gasteiger charge is 2.39. The van der Waals surface area contributed by atoms with Gasteiger partial charge >= 0.3 is 5.97 Å². The molecule has 27 heavy (non-hydrogen) atoms. The van der Waals surface area contributed by atoms with Crippen molar-refractivity contribution in [3.63, 3.8) is 0 Å². The normalized spacial score (nSPS) is 17.0. The van der Waals surface area contributed by atoms with Crippen LogP contribution in [0.25, 0.3) is 5.57 Å². The van der Waals surface area contributed by atoms with Gasteiger partial charge < -0.3 is 14.6 Å². The predicted molar refractivity (Wildman–Crippen MR) is 95.3 cm³/mol. The van der Waals surface area contributed by atoms with Crippen LogP contribution in [0.4, 0.5) is 5.69 Å². The highest BCUT2D eigenvalue weighted by atomic mass is 16.6. The van der Waals surface area contributed by atoms with Crippen molar-refractivity contribution in [1.82, 2.24) is 15.5 Å². The molecular weight excluding hydrogens is 352 g/mol. The fourth-order valence-corrected chi connectivity index (χ4v) is 3.27. The van der Waals surface area contributed by atoms with Crippen molar-refractivity contribution in [2.24, 2.45) is 0 Å². The number of allylic oxidation sites excluding steroid dienone is 3. The lowest BCUT2D eigenvalue weighted by Crippen LogP contribution is -2.28. The first-order valence-corrected chi connectivity index (χ1v) is 8.16. The fourth-order valence-electron chi connectivity index (χ4n) is 3.27. The monoisotopic (exact) mass is 370 g/mol. The Morgan fingerprint density at radius 3 is 2.56 bits per heavy atom. The van der Waals surface area contributed by atoms with Crippen molar-refractivity contribution < 1.29 is 19.0 Å². The molecule has 1 aromatic carbocycles. The SMILES string of the molecule is COC(=O)C1=C(C)NC(C)=C(c2nc(C)no2)C1c1ccccc1[N+](=O)[O-]. The summed E-state index contributed by atoms with van der Waals surface area (Å²) in [5.74, 6) is -0.781. The second kappa shape index (κ2) is 7.02. The maximum absolute atomic E-state index is 12.6. The van der Waals surface area contributed by atoms with Crippen LogP contribution in [0.2, 0.25) is 0 Å². The number of nitro groups is 1. The van der Waals surface area contributed by atoms with E-state index >= 15 is 0 Å². The lowest BCUT2D eigenvalue weighted by molar-refractivity contribution is -0.385. The molecule has 0 saturated heterocycles. The molecular formula is C18H18N4O5. The minimum atomic E-state index is -0.792. The van der Waals surface area contributed by atoms with E-state index in [2.05, 4.69) is 15.5 Å². The minimum Gasteiger partial charge on any atom is -0.466 e. The summed E-state index contributed by atoms with van der Waals surface area (Å²) in [4.78, 5) is 27.9. The van der Waals surface area contributed by atoms with Crippen LogP contribution in [-0.4, -0.2) is 28.1 Å². The van der Waals surface area contributed by atoms with E-state index in [4.69, 9.17) is 9.26 Å². The zero-order chi connectivity index (χ0) is 19.7. The number of hydrogen-bond donors (Lipinski definition) is 1. The second-order valence-electron chi connectivity index (χ2n) is 6.09. The van der Waals surface area contributed by atoms with Crippen LogP contribution in [0.3, 0.4) is 0 Å². The molecule has 0 saturated carbocycles. The first-order valence-electron chi connectivity index (χ1n) is 8.16. The Morgan fingerprint density at radius 2 is 1.96 bits per heavy atom. The molecule has 140 valence electrons. The van der Waals surface area contributed by atoms with Gasteiger partial charge in [0.25, 0.3) is 11.6 Å². The third kappa shape index (κ3) is 3.19. The van der Waals surface area contributed by atoms with Gasteiger partial charge in [-0.15, -0.1) is 0 Å². The van der Waals surface area contributed by atoms with Crippen LogP contribution >= 0.6 is 0 Å². The van der Waals surface area contributed by atoms with Crippen molar-refractivity contribution >= 4 is 17.2 Å². The summed E-state index contributed by atoms with van der Waals surface area (Å²) >= 11 is 0. The van der Waals surface area contributed by atoms with Crippen molar-refractivity contribution in [3.05, 3.63) is 68.6 Å². The van der Waals surface area contributed by atoms with Crippen LogP contribution in [0, 0.1) is 17.0 Å². The molecule has 0 radical (unpaired) electrons. The summed E-state index contributed by atoms with van der Waals surface area (Å²) in [6, 6.07) is 6.26. The number of dihydropyridines is 1. The highest BCUT2D eigenvalue weighted by Crippen LogP contribution is 2.45. The maximum Gasteiger partial charge on any atom is 0.336 e. The molecule has 9 nitrogen and oxygen atoms in total. The van der Waals surface area contributed by atoms with Gasteiger partial charge in [-0.3, -0.25) is 10.1 Å². The molecule has 2 aromatic rings. The number of aryl methyl sites for hydroxylation is 1. The third-order valence-electron chi connectivity index (χ3n) is 4.37. The molecule has 1 aliphatic heterocycles. The van der Waals surface area contributed by atoms with E-state index < -0.39 is 16.8 Å². The van der Waals surface area contributed by atoms with E-state index in [9.17, 15) is 14.9 Å². The van der Waals surface area contributed by atoms with Crippen LogP contribution in [0.15, 0.2) is 45.8 Å². The number of esters is 1. The Bertz CT molecular complexity index is 989. The summed E-state index contributed by atoms with van der Waals surface area (Å²) < 4.78 is 10.3. The number of nitro benzene ring substituents is 1. The van der Waals surface area contributed by atoms with E-state index in [-0.39, 0.29) is 17.2 Å². The standard InChI is InChI=1S/C18H18N4O5/c1-9-14(17-20-11(3)21-27-17)16(15(10(2)19-9)18(23)26-4)12-7-5-6-8-13(12)22(24)25/h5-8,16,19H,1-4H3. The molecule has 1 atom stereocenters. The number of para-hydroxylation sites is 1. The zero-order valence-electron chi connectivity index (χ0n) is 15.3. The van der Waals surface area contributed by atoms with Gasteiger partial charge in [0.2, 0.25) is 0 Å². The molecule has 0 aliphatic carbocycles. The van der Waals surface area contributed by atoms with Crippen molar-refractivity contribution in [2.45, 2.75) is 26.7 Å². The van der Waals surface area contributed by atoms with E-state index in [0.717, 1.165) is 0 Å². The molecule has 1 aliphatic rings. The number of hydrogen-bond acceptors (Lipinski definition) is 8. The Hall–Kier alpha value is -3.49. The van der Waals surface area contributed by atoms with Gasteiger partial charge in [-0.05, 0) is 20.8 Å². The number of rotatable bonds is 4. The van der Waals surface area contributed by atoms with Crippen molar-refractivity contribution in [1.29, 1.82) is 0 Å². The average molecular weight is 370 g/mol. The lowest BCUT2D eigenvalue weighted by Gasteiger charge is -2.29. The number of methoxy groups -OCH3 is 1. The van der Waals surface area contributed by atoms with Gasteiger partial charge in [0.1, 0.15) is 0 Å². The smallest absolute Gasteiger partial charge is 0.336 e. The molecule has 2 heterocycles. The van der Waals surface area contributed by atoms with Gasteiger partial charge in [0.15, 0.2) is 5.82 Å². The maximum atomic E-state index is 12.6. The minimum absolute atomic E-state index is 0.111. The summed E-state index contributed by atoms with van der Waals surface area (Å²) in [5, 5.41) is 18.5. The van der Waals surface area contributed by atoms with E-state index in [1.54, 1.807) is 39.0 Å². The first-order chi connectivity index (χ1) is 12.8. The van der Waals surface area contributed by atoms with E-state index in [1.165, 1.54) is 13.2 Å². The average Bonchev–Trinajstić information content (AvgIpc) is 3.06. The number of aromatic nitrogens is 2. The van der Waals surface area contributed by atoms with Crippen LogP contribution in [0.1, 0.15) is 37.0 Å². The zero-order valence-corrected chi connectivity index (χ0v) is 15.3. The van der Waals surface area contributed by atoms with Crippen molar-refractivity contribution in [2.75, 3.05) is 7.11 Å². The number of carbonyl (C=O) groups excluding carboxylic acids is 1. The number of nitrogens with one attached hydrogen (secondary N) is 1. The quantitative estimate of drug-likeness (QED) is 0.495. The first kappa shape index (κ1) is 18.3. The third-order valence-corrected chi connectivity index (χ3v) is 4.37. The van der Waals surface area contributed by atoms with Crippen LogP contribution < -0.4 is 5.32 Å². The Morgan fingerprint density at radius 1 is 1.26 bits per heavy atom. The number of ether oxygens (including phenoxy) is 1. The molecule has 1 unspecified atom stereocenters. The van der Waals surface area contributed by atoms with E-state index in [0.29, 0.717) is 28.4 Å². The lowest BCUT2D eigenvalue weighted by atomic mass is 9.79. The van der Waals surface area contributed by atoms with Crippen LogP contribution in [-0.2, 0) is 9.53 Å². The molecule has 0 bridgehead atoms. The fraction of sp³-hybridized carbons (Fsp3) is 0.278. The van der Waals surface area contributed by atoms with E-state index in [1.807, 2.05) is 0 Å². The molecule has 9 heteroatoms. The molecule has 0 spiro atoms. The number of nitrogens with zero attached hydrogens (tertiary/aromatic N) is 3. The number of benzene rings is 1. The van der Waals surface area contributed by atoms with Gasteiger partial charge in [-0.2, -0.15) is 4.98 Å². The second-order valence-corrected chi connectivity index (χ2v) is 6.09. The Labute approximate surface area is 154 Å². The topological polar surface area (TPSA) is 120 Å². The van der Waals surface area contributed by atoms with Gasteiger partial charge in [-0.1, -0.05) is 23.4 Å². The Kier molecular flexibility index (Phi) is 4.76. The molecule has 0 amide bonds. The predicted octanol–water partition coefficient (Wildman–Crippen LogP) is 2.85. The largest absolute Gasteiger partial charge is 0.466 e. The van der Waals surface area contributed by atoms with Gasteiger partial charge in [0, 0.05) is 28.6 Å². The Balaban J connectivity index is 2.32. The molecule has 3 rings (SSSR count). The molecule has 1 aromatic heterocycles. The van der Waals surface area contributed by atoms with Gasteiger partial charge in [0.05, 0.1) is 23.5 Å². The molecule has 1 N–H and O–H groups in total. The summed E-state index contributed by atoms with van der Waals surface area (Å²) in [6.07, 6.45) is 0. The summed E-state index contributed by atoms with van der Waals surface area (Å²) in [5.41, 5.74) is 2.18. The van der Waals surface area contributed by atoms with Gasteiger partial charge in [-0.25, -0.2) is 4.79 Å². The summed E-state index contributed by atoms with van der Waals surface area (Å²) in [6.45, 7) is 5.17. The van der Waals surface area contributed by atoms with Crippen molar-refractivity contribution in [3.8, 4) is 0 Å².